The van der Waals surface area contributed by atoms with Crippen molar-refractivity contribution in [1.29, 1.82) is 0 Å². The number of aromatic nitrogens is 4. The van der Waals surface area contributed by atoms with Crippen molar-refractivity contribution in [2.45, 2.75) is 23.6 Å². The van der Waals surface area contributed by atoms with Gasteiger partial charge in [0.15, 0.2) is 11.5 Å². The number of primary amides is 1. The van der Waals surface area contributed by atoms with E-state index in [1.807, 2.05) is 6.92 Å². The van der Waals surface area contributed by atoms with E-state index in [0.717, 1.165) is 0 Å². The Hall–Kier alpha value is -2.48. The summed E-state index contributed by atoms with van der Waals surface area (Å²) in [6.07, 6.45) is 0.599. The first kappa shape index (κ1) is 15.4. The van der Waals surface area contributed by atoms with Crippen molar-refractivity contribution in [3.05, 3.63) is 42.2 Å². The van der Waals surface area contributed by atoms with Crippen LogP contribution < -0.4 is 5.73 Å². The molecule has 0 aliphatic heterocycles. The summed E-state index contributed by atoms with van der Waals surface area (Å²) in [5.74, 6) is -0.476. The molecule has 0 saturated heterocycles. The summed E-state index contributed by atoms with van der Waals surface area (Å²) in [6, 6.07) is 9.76. The molecule has 2 heterocycles. The highest BCUT2D eigenvalue weighted by Gasteiger charge is 2.17. The van der Waals surface area contributed by atoms with Crippen LogP contribution in [0, 0.1) is 5.82 Å². The van der Waals surface area contributed by atoms with Gasteiger partial charge in [-0.15, -0.1) is 10.2 Å². The maximum absolute atomic E-state index is 14.0. The van der Waals surface area contributed by atoms with Crippen LogP contribution in [0.1, 0.15) is 13.3 Å². The van der Waals surface area contributed by atoms with E-state index in [1.54, 1.807) is 30.3 Å². The Morgan fingerprint density at radius 1 is 1.30 bits per heavy atom. The van der Waals surface area contributed by atoms with E-state index in [-0.39, 0.29) is 5.25 Å². The minimum absolute atomic E-state index is 0.313. The average molecular weight is 331 g/mol. The summed E-state index contributed by atoms with van der Waals surface area (Å²) in [7, 11) is 0. The lowest BCUT2D eigenvalue weighted by Crippen LogP contribution is -2.25. The number of benzene rings is 1. The highest BCUT2D eigenvalue weighted by atomic mass is 32.2. The third kappa shape index (κ3) is 3.02. The molecule has 1 amide bonds. The zero-order chi connectivity index (χ0) is 16.4. The third-order valence-electron chi connectivity index (χ3n) is 3.30. The van der Waals surface area contributed by atoms with Crippen molar-refractivity contribution in [3.8, 4) is 11.4 Å². The molecule has 1 unspecified atom stereocenters. The predicted octanol–water partition coefficient (Wildman–Crippen LogP) is 2.29. The molecule has 2 N–H and O–H groups in total. The Morgan fingerprint density at radius 3 is 2.78 bits per heavy atom. The van der Waals surface area contributed by atoms with Gasteiger partial charge in [0.2, 0.25) is 5.91 Å². The first-order chi connectivity index (χ1) is 11.1. The van der Waals surface area contributed by atoms with Gasteiger partial charge < -0.3 is 5.73 Å². The van der Waals surface area contributed by atoms with Gasteiger partial charge in [0.05, 0.1) is 10.8 Å². The molecular formula is C15H14FN5OS. The summed E-state index contributed by atoms with van der Waals surface area (Å²) in [5.41, 5.74) is 6.18. The number of carbonyl (C=O) groups excluding carboxylic acids is 1. The summed E-state index contributed by atoms with van der Waals surface area (Å²) < 4.78 is 15.4. The van der Waals surface area contributed by atoms with Crippen LogP contribution in [0.4, 0.5) is 4.39 Å². The number of hydrogen-bond acceptors (Lipinski definition) is 5. The zero-order valence-corrected chi connectivity index (χ0v) is 13.1. The molecule has 0 bridgehead atoms. The Kier molecular flexibility index (Phi) is 4.24. The first-order valence-electron chi connectivity index (χ1n) is 7.03. The lowest BCUT2D eigenvalue weighted by molar-refractivity contribution is -0.117. The molecule has 0 fully saturated rings. The number of amides is 1. The van der Waals surface area contributed by atoms with E-state index >= 15 is 0 Å². The minimum atomic E-state index is -0.398. The van der Waals surface area contributed by atoms with Crippen molar-refractivity contribution < 1.29 is 9.18 Å². The Labute approximate surface area is 135 Å². The molecule has 0 aliphatic carbocycles. The van der Waals surface area contributed by atoms with Gasteiger partial charge in [-0.1, -0.05) is 30.8 Å². The van der Waals surface area contributed by atoms with Crippen LogP contribution >= 0.6 is 11.8 Å². The minimum Gasteiger partial charge on any atom is -0.369 e. The number of halogens is 1. The molecule has 0 saturated carbocycles. The van der Waals surface area contributed by atoms with Crippen molar-refractivity contribution in [2.24, 2.45) is 5.73 Å². The fourth-order valence-electron chi connectivity index (χ4n) is 2.13. The Morgan fingerprint density at radius 2 is 2.09 bits per heavy atom. The molecule has 118 valence electrons. The molecule has 0 radical (unpaired) electrons. The number of nitrogens with two attached hydrogens (primary N) is 1. The number of rotatable bonds is 5. The van der Waals surface area contributed by atoms with Crippen molar-refractivity contribution >= 4 is 23.3 Å². The van der Waals surface area contributed by atoms with Gasteiger partial charge >= 0.3 is 0 Å². The molecule has 8 heteroatoms. The number of carbonyl (C=O) groups is 1. The van der Waals surface area contributed by atoms with Gasteiger partial charge in [0.25, 0.3) is 0 Å². The summed E-state index contributed by atoms with van der Waals surface area (Å²) >= 11 is 1.27. The zero-order valence-electron chi connectivity index (χ0n) is 12.3. The predicted molar refractivity (Wildman–Crippen MR) is 85.3 cm³/mol. The van der Waals surface area contributed by atoms with Crippen LogP contribution in [0.15, 0.2) is 41.4 Å². The molecule has 0 aliphatic rings. The van der Waals surface area contributed by atoms with E-state index in [2.05, 4.69) is 15.3 Å². The second kappa shape index (κ2) is 6.33. The van der Waals surface area contributed by atoms with E-state index in [4.69, 9.17) is 5.73 Å². The van der Waals surface area contributed by atoms with Gasteiger partial charge in [-0.2, -0.15) is 9.61 Å². The lowest BCUT2D eigenvalue weighted by Gasteiger charge is -2.09. The molecule has 2 aromatic heterocycles. The van der Waals surface area contributed by atoms with Gasteiger partial charge in [-0.3, -0.25) is 4.79 Å². The number of fused-ring (bicyclic) bond motifs is 1. The van der Waals surface area contributed by atoms with E-state index in [9.17, 15) is 9.18 Å². The molecule has 6 nitrogen and oxygen atoms in total. The second-order valence-electron chi connectivity index (χ2n) is 4.86. The first-order valence-corrected chi connectivity index (χ1v) is 7.91. The van der Waals surface area contributed by atoms with Gasteiger partial charge in [0.1, 0.15) is 10.8 Å². The fourth-order valence-corrected chi connectivity index (χ4v) is 2.98. The highest BCUT2D eigenvalue weighted by Crippen LogP contribution is 2.25. The van der Waals surface area contributed by atoms with Crippen LogP contribution in [0.2, 0.25) is 0 Å². The van der Waals surface area contributed by atoms with Gasteiger partial charge in [-0.05, 0) is 30.7 Å². The normalized spacial score (nSPS) is 12.4. The standard InChI is InChI=1S/C15H14FN5OS/c1-2-11(14(17)22)23-13-8-7-12-18-19-15(21(12)20-13)9-5-3-4-6-10(9)16/h3-8,11H,2H2,1H3,(H2,17,22). The maximum Gasteiger partial charge on any atom is 0.230 e. The van der Waals surface area contributed by atoms with Gasteiger partial charge in [-0.25, -0.2) is 4.39 Å². The topological polar surface area (TPSA) is 86.2 Å². The maximum atomic E-state index is 14.0. The Bertz CT molecular complexity index is 866. The highest BCUT2D eigenvalue weighted by molar-refractivity contribution is 8.00. The average Bonchev–Trinajstić information content (AvgIpc) is 2.95. The molecule has 0 spiro atoms. The van der Waals surface area contributed by atoms with Gasteiger partial charge in [0, 0.05) is 0 Å². The molecular weight excluding hydrogens is 317 g/mol. The van der Waals surface area contributed by atoms with Crippen LogP contribution in [-0.4, -0.2) is 31.0 Å². The van der Waals surface area contributed by atoms with Crippen LogP contribution in [0.25, 0.3) is 17.0 Å². The fraction of sp³-hybridized carbons (Fsp3) is 0.200. The molecule has 1 atom stereocenters. The van der Waals surface area contributed by atoms with Crippen molar-refractivity contribution in [1.82, 2.24) is 19.8 Å². The second-order valence-corrected chi connectivity index (χ2v) is 6.09. The van der Waals surface area contributed by atoms with Crippen LogP contribution in [-0.2, 0) is 4.79 Å². The number of nitrogens with zero attached hydrogens (tertiary/aromatic N) is 4. The van der Waals surface area contributed by atoms with Crippen LogP contribution in [0.5, 0.6) is 0 Å². The van der Waals surface area contributed by atoms with E-state index < -0.39 is 11.7 Å². The Balaban J connectivity index is 2.04. The third-order valence-corrected chi connectivity index (χ3v) is 4.61. The van der Waals surface area contributed by atoms with E-state index in [0.29, 0.717) is 28.5 Å². The van der Waals surface area contributed by atoms with E-state index in [1.165, 1.54) is 22.3 Å². The quantitative estimate of drug-likeness (QED) is 0.725. The number of thioether (sulfide) groups is 1. The summed E-state index contributed by atoms with van der Waals surface area (Å²) in [6.45, 7) is 1.88. The lowest BCUT2D eigenvalue weighted by atomic mass is 10.2. The SMILES string of the molecule is CCC(Sc1ccc2nnc(-c3ccccc3F)n2n1)C(N)=O. The van der Waals surface area contributed by atoms with Crippen molar-refractivity contribution in [3.63, 3.8) is 0 Å². The summed E-state index contributed by atoms with van der Waals surface area (Å²) in [4.78, 5) is 11.4. The molecule has 1 aromatic carbocycles. The smallest absolute Gasteiger partial charge is 0.230 e. The molecule has 23 heavy (non-hydrogen) atoms. The monoisotopic (exact) mass is 331 g/mol. The summed E-state index contributed by atoms with van der Waals surface area (Å²) in [5, 5.41) is 12.6. The molecule has 3 rings (SSSR count). The van der Waals surface area contributed by atoms with Crippen molar-refractivity contribution in [2.75, 3.05) is 0 Å². The molecule has 3 aromatic rings. The largest absolute Gasteiger partial charge is 0.369 e. The van der Waals surface area contributed by atoms with Crippen LogP contribution in [0.3, 0.4) is 0 Å². The number of hydrogen-bond donors (Lipinski definition) is 1.